The van der Waals surface area contributed by atoms with Gasteiger partial charge in [0.15, 0.2) is 6.29 Å². The van der Waals surface area contributed by atoms with Gasteiger partial charge in [0, 0.05) is 0 Å². The third kappa shape index (κ3) is 9.15. The smallest absolute Gasteiger partial charge is 0.186 e. The largest absolute Gasteiger partial charge is 0.388 e. The minimum absolute atomic E-state index is 0.0275. The zero-order valence-electron chi connectivity index (χ0n) is 16.4. The first kappa shape index (κ1) is 22.6. The van der Waals surface area contributed by atoms with Crippen molar-refractivity contribution in [2.45, 2.75) is 90.8 Å². The highest BCUT2D eigenvalue weighted by molar-refractivity contribution is 4.98. The maximum atomic E-state index is 9.80. The van der Waals surface area contributed by atoms with E-state index in [2.05, 4.69) is 27.7 Å². The van der Waals surface area contributed by atoms with Crippen LogP contribution < -0.4 is 0 Å². The van der Waals surface area contributed by atoms with Gasteiger partial charge in [0.25, 0.3) is 0 Å². The van der Waals surface area contributed by atoms with Crippen molar-refractivity contribution in [2.75, 3.05) is 13.2 Å². The standard InChI is InChI=1S/C20H38O5/c1-14(2)7-5-8-15(3)9-6-10-16(4)11-12-24-20-19(23)18(22)17(21)13-25-20/h11,14-15,17-23H,5-10,12-13H2,1-4H3. The van der Waals surface area contributed by atoms with E-state index in [1.54, 1.807) is 0 Å². The predicted octanol–water partition coefficient (Wildman–Crippen LogP) is 3.02. The van der Waals surface area contributed by atoms with Crippen LogP contribution in [0.1, 0.15) is 66.2 Å². The number of ether oxygens (including phenoxy) is 2. The first-order valence-corrected chi connectivity index (χ1v) is 9.74. The molecule has 148 valence electrons. The van der Waals surface area contributed by atoms with Gasteiger partial charge >= 0.3 is 0 Å². The van der Waals surface area contributed by atoms with Crippen molar-refractivity contribution in [1.82, 2.24) is 0 Å². The van der Waals surface area contributed by atoms with Crippen LogP contribution in [0, 0.1) is 11.8 Å². The van der Waals surface area contributed by atoms with Crippen molar-refractivity contribution in [3.05, 3.63) is 11.6 Å². The quantitative estimate of drug-likeness (QED) is 0.495. The van der Waals surface area contributed by atoms with Crippen LogP contribution in [0.2, 0.25) is 0 Å². The molecule has 1 fully saturated rings. The van der Waals surface area contributed by atoms with E-state index in [4.69, 9.17) is 9.47 Å². The Morgan fingerprint density at radius 1 is 1.08 bits per heavy atom. The molecule has 0 amide bonds. The second kappa shape index (κ2) is 12.0. The number of hydrogen-bond donors (Lipinski definition) is 3. The van der Waals surface area contributed by atoms with Crippen molar-refractivity contribution in [1.29, 1.82) is 0 Å². The third-order valence-corrected chi connectivity index (χ3v) is 4.89. The van der Waals surface area contributed by atoms with Gasteiger partial charge < -0.3 is 24.8 Å². The molecule has 0 aromatic rings. The van der Waals surface area contributed by atoms with Gasteiger partial charge in [-0.15, -0.1) is 0 Å². The summed E-state index contributed by atoms with van der Waals surface area (Å²) in [5.41, 5.74) is 1.26. The van der Waals surface area contributed by atoms with Gasteiger partial charge in [-0.25, -0.2) is 0 Å². The molecular formula is C20H38O5. The fourth-order valence-electron chi connectivity index (χ4n) is 3.06. The molecule has 3 N–H and O–H groups in total. The minimum Gasteiger partial charge on any atom is -0.388 e. The van der Waals surface area contributed by atoms with Crippen LogP contribution in [0.25, 0.3) is 0 Å². The maximum Gasteiger partial charge on any atom is 0.186 e. The van der Waals surface area contributed by atoms with Gasteiger partial charge in [-0.05, 0) is 31.6 Å². The SMILES string of the molecule is CC(=CCOC1OCC(O)C(O)C1O)CCCC(C)CCCC(C)C. The van der Waals surface area contributed by atoms with Crippen LogP contribution in [0.4, 0.5) is 0 Å². The van der Waals surface area contributed by atoms with Crippen LogP contribution >= 0.6 is 0 Å². The van der Waals surface area contributed by atoms with Crippen LogP contribution in [-0.2, 0) is 9.47 Å². The fourth-order valence-corrected chi connectivity index (χ4v) is 3.06. The first-order valence-electron chi connectivity index (χ1n) is 9.74. The number of aliphatic hydroxyl groups is 3. The second-order valence-corrected chi connectivity index (χ2v) is 7.96. The first-order chi connectivity index (χ1) is 11.8. The number of aliphatic hydroxyl groups excluding tert-OH is 3. The van der Waals surface area contributed by atoms with Gasteiger partial charge in [0.2, 0.25) is 0 Å². The maximum absolute atomic E-state index is 9.80. The normalized spacial score (nSPS) is 29.2. The van der Waals surface area contributed by atoms with E-state index in [1.165, 1.54) is 37.7 Å². The van der Waals surface area contributed by atoms with E-state index >= 15 is 0 Å². The molecule has 0 aromatic heterocycles. The van der Waals surface area contributed by atoms with Gasteiger partial charge in [0.05, 0.1) is 13.2 Å². The van der Waals surface area contributed by atoms with Crippen molar-refractivity contribution < 1.29 is 24.8 Å². The fraction of sp³-hybridized carbons (Fsp3) is 0.900. The lowest BCUT2D eigenvalue weighted by Crippen LogP contribution is -2.53. The molecular weight excluding hydrogens is 320 g/mol. The van der Waals surface area contributed by atoms with Crippen LogP contribution in [0.15, 0.2) is 11.6 Å². The van der Waals surface area contributed by atoms with Crippen molar-refractivity contribution in [3.8, 4) is 0 Å². The molecule has 0 saturated carbocycles. The summed E-state index contributed by atoms with van der Waals surface area (Å²) >= 11 is 0. The summed E-state index contributed by atoms with van der Waals surface area (Å²) in [6.45, 7) is 9.29. The molecule has 5 atom stereocenters. The highest BCUT2D eigenvalue weighted by Crippen LogP contribution is 2.20. The van der Waals surface area contributed by atoms with Crippen molar-refractivity contribution in [3.63, 3.8) is 0 Å². The van der Waals surface area contributed by atoms with E-state index in [9.17, 15) is 15.3 Å². The summed E-state index contributed by atoms with van der Waals surface area (Å²) in [6.07, 6.45) is 5.05. The zero-order valence-corrected chi connectivity index (χ0v) is 16.4. The van der Waals surface area contributed by atoms with Crippen LogP contribution in [-0.4, -0.2) is 53.1 Å². The summed E-state index contributed by atoms with van der Waals surface area (Å²) in [7, 11) is 0. The Bertz CT molecular complexity index is 382. The lowest BCUT2D eigenvalue weighted by molar-refractivity contribution is -0.266. The molecule has 0 bridgehead atoms. The molecule has 0 aromatic carbocycles. The predicted molar refractivity (Wildman–Crippen MR) is 99.2 cm³/mol. The summed E-state index contributed by atoms with van der Waals surface area (Å²) in [5.74, 6) is 1.58. The Morgan fingerprint density at radius 3 is 2.44 bits per heavy atom. The van der Waals surface area contributed by atoms with Gasteiger partial charge in [-0.2, -0.15) is 0 Å². The summed E-state index contributed by atoms with van der Waals surface area (Å²) in [6, 6.07) is 0. The molecule has 5 nitrogen and oxygen atoms in total. The molecule has 0 spiro atoms. The lowest BCUT2D eigenvalue weighted by Gasteiger charge is -2.34. The summed E-state index contributed by atoms with van der Waals surface area (Å²) < 4.78 is 10.7. The molecule has 25 heavy (non-hydrogen) atoms. The summed E-state index contributed by atoms with van der Waals surface area (Å²) in [5, 5.41) is 28.8. The highest BCUT2D eigenvalue weighted by atomic mass is 16.7. The summed E-state index contributed by atoms with van der Waals surface area (Å²) in [4.78, 5) is 0. The topological polar surface area (TPSA) is 79.2 Å². The average Bonchev–Trinajstić information content (AvgIpc) is 2.54. The molecule has 1 aliphatic heterocycles. The lowest BCUT2D eigenvalue weighted by atomic mass is 9.94. The van der Waals surface area contributed by atoms with E-state index in [-0.39, 0.29) is 6.61 Å². The van der Waals surface area contributed by atoms with Gasteiger partial charge in [-0.3, -0.25) is 0 Å². The van der Waals surface area contributed by atoms with Gasteiger partial charge in [0.1, 0.15) is 18.3 Å². The second-order valence-electron chi connectivity index (χ2n) is 7.96. The Labute approximate surface area is 153 Å². The van der Waals surface area contributed by atoms with E-state index < -0.39 is 24.6 Å². The molecule has 5 heteroatoms. The van der Waals surface area contributed by atoms with Gasteiger partial charge in [-0.1, -0.05) is 58.1 Å². The number of rotatable bonds is 11. The van der Waals surface area contributed by atoms with E-state index in [0.29, 0.717) is 6.61 Å². The molecule has 5 unspecified atom stereocenters. The third-order valence-electron chi connectivity index (χ3n) is 4.89. The average molecular weight is 359 g/mol. The monoisotopic (exact) mass is 358 g/mol. The molecule has 1 rings (SSSR count). The number of hydrogen-bond acceptors (Lipinski definition) is 5. The molecule has 1 saturated heterocycles. The molecule has 1 heterocycles. The Morgan fingerprint density at radius 2 is 1.76 bits per heavy atom. The Hall–Kier alpha value is -0.460. The van der Waals surface area contributed by atoms with Crippen LogP contribution in [0.3, 0.4) is 0 Å². The van der Waals surface area contributed by atoms with Crippen molar-refractivity contribution in [2.24, 2.45) is 11.8 Å². The highest BCUT2D eigenvalue weighted by Gasteiger charge is 2.37. The Kier molecular flexibility index (Phi) is 10.9. The minimum atomic E-state index is -1.22. The molecule has 0 radical (unpaired) electrons. The van der Waals surface area contributed by atoms with Crippen LogP contribution in [0.5, 0.6) is 0 Å². The molecule has 0 aliphatic carbocycles. The number of allylic oxidation sites excluding steroid dienone is 1. The van der Waals surface area contributed by atoms with Crippen molar-refractivity contribution >= 4 is 0 Å². The van der Waals surface area contributed by atoms with E-state index in [1.807, 2.05) is 6.08 Å². The zero-order chi connectivity index (χ0) is 18.8. The molecule has 1 aliphatic rings. The Balaban J connectivity index is 2.15. The van der Waals surface area contributed by atoms with E-state index in [0.717, 1.165) is 18.3 Å².